The van der Waals surface area contributed by atoms with E-state index in [2.05, 4.69) is 15.6 Å². The van der Waals surface area contributed by atoms with Crippen LogP contribution in [0.4, 0.5) is 5.69 Å². The number of rotatable bonds is 5. The van der Waals surface area contributed by atoms with E-state index < -0.39 is 24.0 Å². The van der Waals surface area contributed by atoms with Crippen LogP contribution in [0.3, 0.4) is 0 Å². The highest BCUT2D eigenvalue weighted by atomic mass is 16.4. The number of benzene rings is 1. The summed E-state index contributed by atoms with van der Waals surface area (Å²) < 4.78 is 0. The van der Waals surface area contributed by atoms with Crippen molar-refractivity contribution in [1.82, 2.24) is 10.3 Å². The molecule has 0 bridgehead atoms. The standard InChI is InChI=1S/C20H25N3O6/c24-14-5-4-12(18(27)22-14)11-2-1-3-13-16(11)17(20(29)23-19(13)28)21-10-6-9(7-10)8-15(25)26/h1-3,9-10,12,14,18,21-22,24,27H,4-8H2,(H,25,26)(H2,23,28,29). The number of aliphatic hydroxyl groups is 2. The van der Waals surface area contributed by atoms with E-state index in [9.17, 15) is 24.9 Å². The Labute approximate surface area is 166 Å². The molecule has 29 heavy (non-hydrogen) atoms. The van der Waals surface area contributed by atoms with Crippen molar-refractivity contribution >= 4 is 22.4 Å². The van der Waals surface area contributed by atoms with Crippen molar-refractivity contribution in [3.8, 4) is 5.88 Å². The topological polar surface area (TPSA) is 155 Å². The number of carboxylic acids is 1. The molecule has 3 unspecified atom stereocenters. The lowest BCUT2D eigenvalue weighted by atomic mass is 9.78. The van der Waals surface area contributed by atoms with Gasteiger partial charge < -0.3 is 25.7 Å². The number of nitrogens with one attached hydrogen (secondary N) is 3. The molecule has 2 fully saturated rings. The van der Waals surface area contributed by atoms with Crippen molar-refractivity contribution in [2.24, 2.45) is 5.92 Å². The Morgan fingerprint density at radius 1 is 1.21 bits per heavy atom. The van der Waals surface area contributed by atoms with Gasteiger partial charge >= 0.3 is 5.97 Å². The predicted molar refractivity (Wildman–Crippen MR) is 106 cm³/mol. The van der Waals surface area contributed by atoms with Crippen molar-refractivity contribution in [3.05, 3.63) is 34.1 Å². The number of aliphatic carboxylic acids is 1. The summed E-state index contributed by atoms with van der Waals surface area (Å²) in [6.07, 6.45) is 0.611. The number of H-pyrrole nitrogens is 1. The van der Waals surface area contributed by atoms with Crippen LogP contribution in [0.15, 0.2) is 23.0 Å². The van der Waals surface area contributed by atoms with E-state index in [0.29, 0.717) is 47.7 Å². The highest BCUT2D eigenvalue weighted by molar-refractivity contribution is 5.99. The Kier molecular flexibility index (Phi) is 5.20. The number of aromatic nitrogens is 1. The Morgan fingerprint density at radius 2 is 1.97 bits per heavy atom. The first-order valence-electron chi connectivity index (χ1n) is 9.82. The van der Waals surface area contributed by atoms with E-state index in [1.54, 1.807) is 12.1 Å². The van der Waals surface area contributed by atoms with Crippen LogP contribution in [-0.2, 0) is 4.79 Å². The number of aromatic amines is 1. The van der Waals surface area contributed by atoms with Crippen LogP contribution in [0.1, 0.15) is 43.6 Å². The molecular formula is C20H25N3O6. The van der Waals surface area contributed by atoms with Crippen molar-refractivity contribution in [1.29, 1.82) is 0 Å². The lowest BCUT2D eigenvalue weighted by Crippen LogP contribution is -2.46. The van der Waals surface area contributed by atoms with Gasteiger partial charge in [-0.05, 0) is 43.2 Å². The van der Waals surface area contributed by atoms with Crippen molar-refractivity contribution in [2.45, 2.75) is 56.5 Å². The van der Waals surface area contributed by atoms with E-state index in [-0.39, 0.29) is 30.2 Å². The lowest BCUT2D eigenvalue weighted by Gasteiger charge is -2.36. The maximum absolute atomic E-state index is 12.7. The first-order valence-corrected chi connectivity index (χ1v) is 9.82. The van der Waals surface area contributed by atoms with Gasteiger partial charge in [-0.1, -0.05) is 12.1 Å². The van der Waals surface area contributed by atoms with E-state index in [0.717, 1.165) is 0 Å². The van der Waals surface area contributed by atoms with Crippen LogP contribution in [-0.4, -0.2) is 49.9 Å². The van der Waals surface area contributed by atoms with Gasteiger partial charge in [-0.15, -0.1) is 0 Å². The maximum atomic E-state index is 12.7. The SMILES string of the molecule is O=C(O)CC1CC(Nc2c(=O)[nH]c(O)c3cccc(C4CCC(O)NC4O)c23)C1. The maximum Gasteiger partial charge on any atom is 0.303 e. The molecule has 1 saturated carbocycles. The summed E-state index contributed by atoms with van der Waals surface area (Å²) in [6.45, 7) is 0. The number of carbonyl (C=O) groups is 1. The third-order valence-corrected chi connectivity index (χ3v) is 6.00. The second kappa shape index (κ2) is 7.66. The molecule has 3 atom stereocenters. The van der Waals surface area contributed by atoms with Crippen LogP contribution < -0.4 is 16.2 Å². The van der Waals surface area contributed by atoms with Crippen molar-refractivity contribution in [2.75, 3.05) is 5.32 Å². The summed E-state index contributed by atoms with van der Waals surface area (Å²) in [5, 5.41) is 46.3. The van der Waals surface area contributed by atoms with Gasteiger partial charge in [0.1, 0.15) is 18.1 Å². The summed E-state index contributed by atoms with van der Waals surface area (Å²) in [5.74, 6) is -1.35. The quantitative estimate of drug-likeness (QED) is 0.390. The van der Waals surface area contributed by atoms with Gasteiger partial charge in [0.15, 0.2) is 5.88 Å². The monoisotopic (exact) mass is 403 g/mol. The average Bonchev–Trinajstić information content (AvgIpc) is 2.62. The lowest BCUT2D eigenvalue weighted by molar-refractivity contribution is -0.138. The molecule has 4 rings (SSSR count). The number of hydrogen-bond donors (Lipinski definition) is 7. The fourth-order valence-electron chi connectivity index (χ4n) is 4.53. The summed E-state index contributed by atoms with van der Waals surface area (Å²) in [7, 11) is 0. The number of hydrogen-bond acceptors (Lipinski definition) is 7. The smallest absolute Gasteiger partial charge is 0.303 e. The minimum absolute atomic E-state index is 0.0301. The molecular weight excluding hydrogens is 378 g/mol. The Balaban J connectivity index is 1.71. The van der Waals surface area contributed by atoms with E-state index in [4.69, 9.17) is 5.11 Å². The van der Waals surface area contributed by atoms with Crippen LogP contribution in [0.2, 0.25) is 0 Å². The highest BCUT2D eigenvalue weighted by Crippen LogP contribution is 2.39. The zero-order valence-corrected chi connectivity index (χ0v) is 15.8. The summed E-state index contributed by atoms with van der Waals surface area (Å²) in [4.78, 5) is 26.0. The number of aromatic hydroxyl groups is 1. The average molecular weight is 403 g/mol. The minimum atomic E-state index is -0.984. The number of carboxylic acid groups (broad SMARTS) is 1. The Hall–Kier alpha value is -2.62. The summed E-state index contributed by atoms with van der Waals surface area (Å²) in [6, 6.07) is 5.23. The molecule has 1 aliphatic carbocycles. The Bertz CT molecular complexity index is 984. The zero-order valence-electron chi connectivity index (χ0n) is 15.8. The molecule has 2 aromatic rings. The zero-order chi connectivity index (χ0) is 20.7. The van der Waals surface area contributed by atoms with Crippen molar-refractivity contribution in [3.63, 3.8) is 0 Å². The molecule has 0 spiro atoms. The molecule has 9 heteroatoms. The van der Waals surface area contributed by atoms with Gasteiger partial charge in [-0.2, -0.15) is 0 Å². The number of fused-ring (bicyclic) bond motifs is 1. The normalized spacial score (nSPS) is 29.4. The molecule has 9 nitrogen and oxygen atoms in total. The number of pyridine rings is 1. The molecule has 1 aromatic heterocycles. The van der Waals surface area contributed by atoms with Crippen LogP contribution >= 0.6 is 0 Å². The molecule has 2 aliphatic rings. The molecule has 156 valence electrons. The Morgan fingerprint density at radius 3 is 2.66 bits per heavy atom. The van der Waals surface area contributed by atoms with E-state index in [1.165, 1.54) is 0 Å². The van der Waals surface area contributed by atoms with Gasteiger partial charge in [-0.25, -0.2) is 0 Å². The fourth-order valence-corrected chi connectivity index (χ4v) is 4.53. The van der Waals surface area contributed by atoms with E-state index >= 15 is 0 Å². The largest absolute Gasteiger partial charge is 0.494 e. The fraction of sp³-hybridized carbons (Fsp3) is 0.500. The second-order valence-electron chi connectivity index (χ2n) is 8.04. The number of aliphatic hydroxyl groups excluding tert-OH is 2. The highest BCUT2D eigenvalue weighted by Gasteiger charge is 2.34. The molecule has 0 amide bonds. The molecule has 1 saturated heterocycles. The van der Waals surface area contributed by atoms with Crippen LogP contribution in [0.5, 0.6) is 5.88 Å². The van der Waals surface area contributed by atoms with E-state index in [1.807, 2.05) is 6.07 Å². The van der Waals surface area contributed by atoms with Gasteiger partial charge in [0.05, 0.1) is 0 Å². The predicted octanol–water partition coefficient (Wildman–Crippen LogP) is 1.00. The number of anilines is 1. The molecule has 0 radical (unpaired) electrons. The molecule has 1 aromatic carbocycles. The van der Waals surface area contributed by atoms with Crippen LogP contribution in [0.25, 0.3) is 10.8 Å². The third-order valence-electron chi connectivity index (χ3n) is 6.00. The first kappa shape index (κ1) is 19.7. The van der Waals surface area contributed by atoms with Gasteiger partial charge in [-0.3, -0.25) is 19.9 Å². The summed E-state index contributed by atoms with van der Waals surface area (Å²) >= 11 is 0. The molecule has 2 heterocycles. The van der Waals surface area contributed by atoms with Crippen LogP contribution in [0, 0.1) is 5.92 Å². The molecule has 7 N–H and O–H groups in total. The minimum Gasteiger partial charge on any atom is -0.494 e. The van der Waals surface area contributed by atoms with Gasteiger partial charge in [0, 0.05) is 29.2 Å². The molecule has 1 aliphatic heterocycles. The van der Waals surface area contributed by atoms with Gasteiger partial charge in [0.25, 0.3) is 5.56 Å². The third kappa shape index (κ3) is 3.81. The summed E-state index contributed by atoms with van der Waals surface area (Å²) in [5.41, 5.74) is 0.549. The van der Waals surface area contributed by atoms with Gasteiger partial charge in [0.2, 0.25) is 0 Å². The second-order valence-corrected chi connectivity index (χ2v) is 8.04. The first-order chi connectivity index (χ1) is 13.8. The van der Waals surface area contributed by atoms with Crippen molar-refractivity contribution < 1.29 is 25.2 Å². The number of piperidine rings is 1.